The minimum atomic E-state index is -0.500. The second-order valence-corrected chi connectivity index (χ2v) is 3.84. The number of rotatable bonds is 4. The van der Waals surface area contributed by atoms with Crippen LogP contribution >= 0.6 is 0 Å². The van der Waals surface area contributed by atoms with E-state index in [4.69, 9.17) is 15.2 Å². The van der Waals surface area contributed by atoms with Crippen LogP contribution in [0.2, 0.25) is 0 Å². The van der Waals surface area contributed by atoms with Gasteiger partial charge in [-0.05, 0) is 12.1 Å². The number of methoxy groups -OCH3 is 1. The van der Waals surface area contributed by atoms with Gasteiger partial charge in [0, 0.05) is 18.8 Å². The van der Waals surface area contributed by atoms with Gasteiger partial charge in [0.1, 0.15) is 17.6 Å². The van der Waals surface area contributed by atoms with Crippen LogP contribution in [0.5, 0.6) is 5.75 Å². The summed E-state index contributed by atoms with van der Waals surface area (Å²) in [6, 6.07) is 4.74. The number of benzene rings is 1. The molecule has 1 aromatic heterocycles. The number of carbonyl (C=O) groups excluding carboxylic acids is 1. The number of aromatic nitrogens is 3. The van der Waals surface area contributed by atoms with Gasteiger partial charge in [0.2, 0.25) is 0 Å². The van der Waals surface area contributed by atoms with Gasteiger partial charge in [0.25, 0.3) is 0 Å². The Balaban J connectivity index is 2.10. The molecule has 1 aromatic carbocycles. The molecule has 0 aliphatic rings. The summed E-state index contributed by atoms with van der Waals surface area (Å²) in [7, 11) is 3.19. The van der Waals surface area contributed by atoms with Crippen LogP contribution in [0.1, 0.15) is 16.2 Å². The van der Waals surface area contributed by atoms with Crippen LogP contribution in [0.4, 0.5) is 5.69 Å². The SMILES string of the molecule is COc1cc(N)ccc1C(=O)OCc1ncnn1C. The molecular weight excluding hydrogens is 248 g/mol. The van der Waals surface area contributed by atoms with Gasteiger partial charge in [-0.2, -0.15) is 5.10 Å². The predicted octanol–water partition coefficient (Wildman–Crippen LogP) is 0.763. The molecule has 2 aromatic rings. The predicted molar refractivity (Wildman–Crippen MR) is 67.5 cm³/mol. The highest BCUT2D eigenvalue weighted by Gasteiger charge is 2.15. The first-order valence-electron chi connectivity index (χ1n) is 5.55. The zero-order valence-corrected chi connectivity index (χ0v) is 10.7. The van der Waals surface area contributed by atoms with Gasteiger partial charge >= 0.3 is 5.97 Å². The number of hydrogen-bond acceptors (Lipinski definition) is 6. The van der Waals surface area contributed by atoms with Gasteiger partial charge in [-0.25, -0.2) is 9.78 Å². The van der Waals surface area contributed by atoms with Gasteiger partial charge in [0.15, 0.2) is 12.4 Å². The van der Waals surface area contributed by atoms with Crippen LogP contribution in [0.25, 0.3) is 0 Å². The maximum Gasteiger partial charge on any atom is 0.342 e. The van der Waals surface area contributed by atoms with Crippen molar-refractivity contribution in [1.82, 2.24) is 14.8 Å². The Hall–Kier alpha value is -2.57. The van der Waals surface area contributed by atoms with Crippen molar-refractivity contribution >= 4 is 11.7 Å². The molecule has 2 rings (SSSR count). The summed E-state index contributed by atoms with van der Waals surface area (Å²) in [4.78, 5) is 15.9. The van der Waals surface area contributed by atoms with Crippen molar-refractivity contribution in [3.63, 3.8) is 0 Å². The van der Waals surface area contributed by atoms with Crippen LogP contribution in [-0.2, 0) is 18.4 Å². The number of hydrogen-bond donors (Lipinski definition) is 1. The van der Waals surface area contributed by atoms with Gasteiger partial charge in [0.05, 0.1) is 7.11 Å². The van der Waals surface area contributed by atoms with Crippen LogP contribution < -0.4 is 10.5 Å². The van der Waals surface area contributed by atoms with Crippen molar-refractivity contribution in [2.45, 2.75) is 6.61 Å². The smallest absolute Gasteiger partial charge is 0.342 e. The fourth-order valence-corrected chi connectivity index (χ4v) is 1.54. The number of anilines is 1. The molecular formula is C12H14N4O3. The van der Waals surface area contributed by atoms with E-state index in [2.05, 4.69) is 10.1 Å². The molecule has 0 fully saturated rings. The Morgan fingerprint density at radius 1 is 1.47 bits per heavy atom. The average Bonchev–Trinajstić information content (AvgIpc) is 2.81. The van der Waals surface area contributed by atoms with Crippen molar-refractivity contribution in [3.05, 3.63) is 35.9 Å². The monoisotopic (exact) mass is 262 g/mol. The van der Waals surface area contributed by atoms with Gasteiger partial charge in [-0.15, -0.1) is 0 Å². The van der Waals surface area contributed by atoms with Crippen molar-refractivity contribution in [1.29, 1.82) is 0 Å². The van der Waals surface area contributed by atoms with E-state index >= 15 is 0 Å². The van der Waals surface area contributed by atoms with E-state index in [1.165, 1.54) is 18.1 Å². The quantitative estimate of drug-likeness (QED) is 0.646. The highest BCUT2D eigenvalue weighted by molar-refractivity contribution is 5.93. The lowest BCUT2D eigenvalue weighted by Gasteiger charge is -2.09. The van der Waals surface area contributed by atoms with Crippen LogP contribution in [0.15, 0.2) is 24.5 Å². The summed E-state index contributed by atoms with van der Waals surface area (Å²) in [5, 5.41) is 3.89. The molecule has 100 valence electrons. The number of nitrogens with zero attached hydrogens (tertiary/aromatic N) is 3. The largest absolute Gasteiger partial charge is 0.496 e. The Morgan fingerprint density at radius 2 is 2.26 bits per heavy atom. The topological polar surface area (TPSA) is 92.3 Å². The zero-order valence-electron chi connectivity index (χ0n) is 10.7. The first-order chi connectivity index (χ1) is 9.11. The number of nitrogens with two attached hydrogens (primary N) is 1. The van der Waals surface area contributed by atoms with Gasteiger partial charge in [-0.1, -0.05) is 0 Å². The summed E-state index contributed by atoms with van der Waals surface area (Å²) in [5.74, 6) is 0.436. The molecule has 0 saturated carbocycles. The highest BCUT2D eigenvalue weighted by Crippen LogP contribution is 2.22. The molecule has 0 spiro atoms. The fraction of sp³-hybridized carbons (Fsp3) is 0.250. The Kier molecular flexibility index (Phi) is 3.65. The van der Waals surface area contributed by atoms with Crippen LogP contribution in [0, 0.1) is 0 Å². The summed E-state index contributed by atoms with van der Waals surface area (Å²) in [6.07, 6.45) is 1.40. The molecule has 0 radical (unpaired) electrons. The number of ether oxygens (including phenoxy) is 2. The van der Waals surface area contributed by atoms with Gasteiger partial charge < -0.3 is 15.2 Å². The van der Waals surface area contributed by atoms with Crippen molar-refractivity contribution < 1.29 is 14.3 Å². The molecule has 0 saturated heterocycles. The van der Waals surface area contributed by atoms with E-state index in [9.17, 15) is 4.79 Å². The number of carbonyl (C=O) groups is 1. The van der Waals surface area contributed by atoms with Crippen LogP contribution in [-0.4, -0.2) is 27.8 Å². The van der Waals surface area contributed by atoms with Crippen LogP contribution in [0.3, 0.4) is 0 Å². The Bertz CT molecular complexity index is 594. The maximum atomic E-state index is 11.9. The van der Waals surface area contributed by atoms with Gasteiger partial charge in [-0.3, -0.25) is 4.68 Å². The molecule has 7 heteroatoms. The first kappa shape index (κ1) is 12.9. The summed E-state index contributed by atoms with van der Waals surface area (Å²) >= 11 is 0. The normalized spacial score (nSPS) is 10.2. The molecule has 0 unspecified atom stereocenters. The zero-order chi connectivity index (χ0) is 13.8. The summed E-state index contributed by atoms with van der Waals surface area (Å²) < 4.78 is 11.8. The number of esters is 1. The van der Waals surface area contributed by atoms with Crippen molar-refractivity contribution in [2.75, 3.05) is 12.8 Å². The molecule has 7 nitrogen and oxygen atoms in total. The lowest BCUT2D eigenvalue weighted by Crippen LogP contribution is -2.10. The molecule has 0 aliphatic carbocycles. The highest BCUT2D eigenvalue weighted by atomic mass is 16.5. The lowest BCUT2D eigenvalue weighted by atomic mass is 10.2. The lowest BCUT2D eigenvalue weighted by molar-refractivity contribution is 0.0454. The first-order valence-corrected chi connectivity index (χ1v) is 5.55. The Morgan fingerprint density at radius 3 is 2.89 bits per heavy atom. The van der Waals surface area contributed by atoms with E-state index in [1.807, 2.05) is 0 Å². The standard InChI is InChI=1S/C12H14N4O3/c1-16-11(14-7-15-16)6-19-12(17)9-4-3-8(13)5-10(9)18-2/h3-5,7H,6,13H2,1-2H3. The molecule has 0 amide bonds. The summed E-state index contributed by atoms with van der Waals surface area (Å²) in [6.45, 7) is 0.0445. The maximum absolute atomic E-state index is 11.9. The number of aryl methyl sites for hydroxylation is 1. The fourth-order valence-electron chi connectivity index (χ4n) is 1.54. The minimum absolute atomic E-state index is 0.0445. The second kappa shape index (κ2) is 5.38. The minimum Gasteiger partial charge on any atom is -0.496 e. The van der Waals surface area contributed by atoms with E-state index < -0.39 is 5.97 Å². The van der Waals surface area contributed by atoms with E-state index in [1.54, 1.807) is 25.2 Å². The molecule has 0 bridgehead atoms. The third-order valence-corrected chi connectivity index (χ3v) is 2.58. The van der Waals surface area contributed by atoms with E-state index in [0.717, 1.165) is 0 Å². The molecule has 19 heavy (non-hydrogen) atoms. The third kappa shape index (κ3) is 2.82. The van der Waals surface area contributed by atoms with Crippen molar-refractivity contribution in [2.24, 2.45) is 7.05 Å². The third-order valence-electron chi connectivity index (χ3n) is 2.58. The van der Waals surface area contributed by atoms with Crippen molar-refractivity contribution in [3.8, 4) is 5.75 Å². The summed E-state index contributed by atoms with van der Waals surface area (Å²) in [5.41, 5.74) is 6.45. The molecule has 2 N–H and O–H groups in total. The molecule has 0 aliphatic heterocycles. The molecule has 0 atom stereocenters. The van der Waals surface area contributed by atoms with E-state index in [0.29, 0.717) is 22.8 Å². The Labute approximate surface area is 110 Å². The van der Waals surface area contributed by atoms with E-state index in [-0.39, 0.29) is 6.61 Å². The molecule has 1 heterocycles. The average molecular weight is 262 g/mol. The number of nitrogen functional groups attached to an aromatic ring is 1. The second-order valence-electron chi connectivity index (χ2n) is 3.84.